The molecular weight excluding hydrogens is 228 g/mol. The molecule has 0 aliphatic heterocycles. The topological polar surface area (TPSA) is 104 Å². The molecule has 0 saturated carbocycles. The molecule has 0 unspecified atom stereocenters. The molecule has 0 aliphatic carbocycles. The maximum atomic E-state index is 11.0. The number of carbonyl (C=O) groups excluding carboxylic acids is 1. The van der Waals surface area contributed by atoms with Crippen molar-refractivity contribution >= 4 is 11.5 Å². The lowest BCUT2D eigenvalue weighted by Gasteiger charge is -1.93. The Labute approximate surface area is 95.0 Å². The van der Waals surface area contributed by atoms with Crippen LogP contribution >= 0.6 is 0 Å². The van der Waals surface area contributed by atoms with Crippen LogP contribution in [0.15, 0.2) is 23.0 Å². The van der Waals surface area contributed by atoms with Crippen LogP contribution in [0.25, 0.3) is 0 Å². The number of Topliss-reactive ketones (excluding diaryl/α,β-unsaturated/α-hetero) is 1. The highest BCUT2D eigenvalue weighted by Crippen LogP contribution is 2.11. The summed E-state index contributed by atoms with van der Waals surface area (Å²) in [6.07, 6.45) is 2.41. The molecule has 2 heterocycles. The second-order valence-corrected chi connectivity index (χ2v) is 3.39. The molecule has 2 rings (SSSR count). The molecular formula is C9H8N4O4. The van der Waals surface area contributed by atoms with Crippen LogP contribution in [-0.2, 0) is 6.54 Å². The molecule has 0 radical (unpaired) electrons. The lowest BCUT2D eigenvalue weighted by molar-refractivity contribution is -0.385. The molecule has 8 heteroatoms. The van der Waals surface area contributed by atoms with E-state index in [9.17, 15) is 14.9 Å². The standard InChI is InChI=1S/C9H8N4O4/c1-6(14)9-2-8(17-11-9)5-12-4-7(3-10-12)13(15)16/h2-4H,5H2,1H3. The number of carbonyl (C=O) groups is 1. The number of hydrogen-bond acceptors (Lipinski definition) is 6. The third-order valence-electron chi connectivity index (χ3n) is 2.07. The first-order valence-corrected chi connectivity index (χ1v) is 4.69. The number of hydrogen-bond donors (Lipinski definition) is 0. The zero-order valence-corrected chi connectivity index (χ0v) is 8.86. The van der Waals surface area contributed by atoms with Gasteiger partial charge in [0.05, 0.1) is 4.92 Å². The van der Waals surface area contributed by atoms with Gasteiger partial charge in [0.25, 0.3) is 0 Å². The van der Waals surface area contributed by atoms with E-state index in [-0.39, 0.29) is 23.7 Å². The normalized spacial score (nSPS) is 10.4. The maximum Gasteiger partial charge on any atom is 0.307 e. The summed E-state index contributed by atoms with van der Waals surface area (Å²) in [6.45, 7) is 1.56. The fourth-order valence-corrected chi connectivity index (χ4v) is 1.25. The molecule has 88 valence electrons. The monoisotopic (exact) mass is 236 g/mol. The van der Waals surface area contributed by atoms with Crippen LogP contribution in [0.5, 0.6) is 0 Å². The molecule has 0 spiro atoms. The number of ketones is 1. The van der Waals surface area contributed by atoms with E-state index in [1.807, 2.05) is 0 Å². The van der Waals surface area contributed by atoms with Gasteiger partial charge in [-0.05, 0) is 0 Å². The second kappa shape index (κ2) is 4.16. The van der Waals surface area contributed by atoms with Crippen molar-refractivity contribution in [1.29, 1.82) is 0 Å². The molecule has 0 aromatic carbocycles. The van der Waals surface area contributed by atoms with E-state index in [4.69, 9.17) is 4.52 Å². The molecule has 0 aliphatic rings. The highest BCUT2D eigenvalue weighted by atomic mass is 16.6. The van der Waals surface area contributed by atoms with Crippen molar-refractivity contribution < 1.29 is 14.2 Å². The Hall–Kier alpha value is -2.51. The molecule has 17 heavy (non-hydrogen) atoms. The Morgan fingerprint density at radius 2 is 2.41 bits per heavy atom. The Bertz CT molecular complexity index is 521. The van der Waals surface area contributed by atoms with Crippen LogP contribution in [0.2, 0.25) is 0 Å². The summed E-state index contributed by atoms with van der Waals surface area (Å²) in [5.74, 6) is 0.208. The van der Waals surface area contributed by atoms with Gasteiger partial charge in [-0.15, -0.1) is 0 Å². The number of aromatic nitrogens is 3. The van der Waals surface area contributed by atoms with Crippen LogP contribution < -0.4 is 0 Å². The Morgan fingerprint density at radius 3 is 2.94 bits per heavy atom. The van der Waals surface area contributed by atoms with Gasteiger partial charge in [-0.2, -0.15) is 5.10 Å². The smallest absolute Gasteiger partial charge is 0.307 e. The fraction of sp³-hybridized carbons (Fsp3) is 0.222. The van der Waals surface area contributed by atoms with Crippen molar-refractivity contribution in [3.8, 4) is 0 Å². The Kier molecular flexibility index (Phi) is 2.69. The van der Waals surface area contributed by atoms with Crippen LogP contribution in [-0.4, -0.2) is 25.6 Å². The lowest BCUT2D eigenvalue weighted by Crippen LogP contribution is -1.98. The van der Waals surface area contributed by atoms with Gasteiger partial charge >= 0.3 is 5.69 Å². The van der Waals surface area contributed by atoms with Gasteiger partial charge < -0.3 is 4.52 Å². The van der Waals surface area contributed by atoms with Crippen LogP contribution in [0.3, 0.4) is 0 Å². The average molecular weight is 236 g/mol. The third kappa shape index (κ3) is 2.36. The van der Waals surface area contributed by atoms with Crippen molar-refractivity contribution in [2.45, 2.75) is 13.5 Å². The molecule has 0 saturated heterocycles. The first kappa shape index (κ1) is 11.0. The third-order valence-corrected chi connectivity index (χ3v) is 2.07. The van der Waals surface area contributed by atoms with Gasteiger partial charge in [0.2, 0.25) is 0 Å². The van der Waals surface area contributed by atoms with Crippen molar-refractivity contribution in [3.05, 3.63) is 40.0 Å². The highest BCUT2D eigenvalue weighted by Gasteiger charge is 2.12. The molecule has 2 aromatic rings. The molecule has 0 atom stereocenters. The first-order chi connectivity index (χ1) is 8.06. The summed E-state index contributed by atoms with van der Waals surface area (Å²) >= 11 is 0. The summed E-state index contributed by atoms with van der Waals surface area (Å²) in [6, 6.07) is 1.48. The Morgan fingerprint density at radius 1 is 1.65 bits per heavy atom. The van der Waals surface area contributed by atoms with Gasteiger partial charge in [0.15, 0.2) is 11.5 Å². The van der Waals surface area contributed by atoms with Crippen LogP contribution in [0.1, 0.15) is 23.2 Å². The summed E-state index contributed by atoms with van der Waals surface area (Å²) in [5, 5.41) is 17.8. The molecule has 8 nitrogen and oxygen atoms in total. The van der Waals surface area contributed by atoms with Gasteiger partial charge in [-0.3, -0.25) is 19.6 Å². The van der Waals surface area contributed by atoms with E-state index in [2.05, 4.69) is 10.3 Å². The number of rotatable bonds is 4. The largest absolute Gasteiger partial charge is 0.359 e. The molecule has 0 bridgehead atoms. The van der Waals surface area contributed by atoms with E-state index in [1.165, 1.54) is 23.9 Å². The summed E-state index contributed by atoms with van der Waals surface area (Å²) in [5.41, 5.74) is 0.123. The number of nitrogens with zero attached hydrogens (tertiary/aromatic N) is 4. The van der Waals surface area contributed by atoms with Crippen LogP contribution in [0.4, 0.5) is 5.69 Å². The second-order valence-electron chi connectivity index (χ2n) is 3.39. The minimum atomic E-state index is -0.537. The van der Waals surface area contributed by atoms with Gasteiger partial charge in [0, 0.05) is 13.0 Å². The van der Waals surface area contributed by atoms with Crippen LogP contribution in [0, 0.1) is 10.1 Å². The first-order valence-electron chi connectivity index (χ1n) is 4.69. The van der Waals surface area contributed by atoms with Crippen molar-refractivity contribution in [2.24, 2.45) is 0 Å². The fourth-order valence-electron chi connectivity index (χ4n) is 1.25. The van der Waals surface area contributed by atoms with Crippen molar-refractivity contribution in [2.75, 3.05) is 0 Å². The summed E-state index contributed by atoms with van der Waals surface area (Å²) in [4.78, 5) is 20.9. The highest BCUT2D eigenvalue weighted by molar-refractivity contribution is 5.91. The van der Waals surface area contributed by atoms with Crippen molar-refractivity contribution in [3.63, 3.8) is 0 Å². The minimum absolute atomic E-state index is 0.101. The predicted octanol–water partition coefficient (Wildman–Crippen LogP) is 1.03. The number of nitro groups is 1. The molecule has 2 aromatic heterocycles. The summed E-state index contributed by atoms with van der Waals surface area (Å²) < 4.78 is 6.23. The zero-order chi connectivity index (χ0) is 12.4. The van der Waals surface area contributed by atoms with Gasteiger partial charge in [-0.25, -0.2) is 0 Å². The van der Waals surface area contributed by atoms with E-state index >= 15 is 0 Å². The van der Waals surface area contributed by atoms with E-state index in [0.29, 0.717) is 5.76 Å². The molecule has 0 N–H and O–H groups in total. The van der Waals surface area contributed by atoms with E-state index in [0.717, 1.165) is 6.20 Å². The SMILES string of the molecule is CC(=O)c1cc(Cn2cc([N+](=O)[O-])cn2)on1. The van der Waals surface area contributed by atoms with Crippen molar-refractivity contribution in [1.82, 2.24) is 14.9 Å². The minimum Gasteiger partial charge on any atom is -0.359 e. The lowest BCUT2D eigenvalue weighted by atomic mass is 10.3. The quantitative estimate of drug-likeness (QED) is 0.446. The molecule has 0 fully saturated rings. The predicted molar refractivity (Wildman–Crippen MR) is 54.5 cm³/mol. The summed E-state index contributed by atoms with van der Waals surface area (Å²) in [7, 11) is 0. The molecule has 0 amide bonds. The van der Waals surface area contributed by atoms with Gasteiger partial charge in [-0.1, -0.05) is 5.16 Å². The maximum absolute atomic E-state index is 11.0. The average Bonchev–Trinajstić information content (AvgIpc) is 2.87. The van der Waals surface area contributed by atoms with E-state index < -0.39 is 4.92 Å². The Balaban J connectivity index is 2.13. The van der Waals surface area contributed by atoms with E-state index in [1.54, 1.807) is 0 Å². The zero-order valence-electron chi connectivity index (χ0n) is 8.86. The van der Waals surface area contributed by atoms with Gasteiger partial charge in [0.1, 0.15) is 24.6 Å².